The summed E-state index contributed by atoms with van der Waals surface area (Å²) in [6, 6.07) is 4.81. The van der Waals surface area contributed by atoms with Gasteiger partial charge in [-0.3, -0.25) is 19.1 Å². The van der Waals surface area contributed by atoms with Gasteiger partial charge in [-0.05, 0) is 19.1 Å². The summed E-state index contributed by atoms with van der Waals surface area (Å²) >= 11 is 1.51. The molecule has 6 nitrogen and oxygen atoms in total. The van der Waals surface area contributed by atoms with Crippen molar-refractivity contribution in [3.8, 4) is 0 Å². The van der Waals surface area contributed by atoms with Crippen LogP contribution in [0.5, 0.6) is 0 Å². The van der Waals surface area contributed by atoms with Crippen LogP contribution in [0.1, 0.15) is 18.2 Å². The molecule has 2 aromatic heterocycles. The maximum atomic E-state index is 12.1. The zero-order chi connectivity index (χ0) is 14.8. The van der Waals surface area contributed by atoms with E-state index in [1.165, 1.54) is 17.8 Å². The molecule has 2 aromatic rings. The Morgan fingerprint density at radius 2 is 2.24 bits per heavy atom. The molecule has 0 radical (unpaired) electrons. The van der Waals surface area contributed by atoms with Crippen LogP contribution in [0.2, 0.25) is 0 Å². The molecule has 1 N–H and O–H groups in total. The van der Waals surface area contributed by atoms with E-state index < -0.39 is 0 Å². The molecule has 1 atom stereocenters. The number of pyridine rings is 1. The minimum atomic E-state index is -0.146. The first-order valence-corrected chi connectivity index (χ1v) is 7.55. The fraction of sp³-hybridized carbons (Fsp3) is 0.286. The lowest BCUT2D eigenvalue weighted by molar-refractivity contribution is -0.116. The molecular weight excluding hydrogens is 288 g/mol. The van der Waals surface area contributed by atoms with Gasteiger partial charge in [0.05, 0.1) is 6.04 Å². The van der Waals surface area contributed by atoms with Crippen molar-refractivity contribution >= 4 is 23.4 Å². The molecular formula is C14H14N4O2S. The third kappa shape index (κ3) is 2.97. The van der Waals surface area contributed by atoms with Crippen LogP contribution in [0.4, 0.5) is 5.69 Å². The monoisotopic (exact) mass is 302 g/mol. The average Bonchev–Trinajstić information content (AvgIpc) is 2.82. The minimum absolute atomic E-state index is 0.0933. The van der Waals surface area contributed by atoms with Gasteiger partial charge in [-0.25, -0.2) is 4.98 Å². The average molecular weight is 302 g/mol. The predicted octanol–water partition coefficient (Wildman–Crippen LogP) is 1.62. The summed E-state index contributed by atoms with van der Waals surface area (Å²) in [5.41, 5.74) is 1.32. The zero-order valence-electron chi connectivity index (χ0n) is 11.4. The van der Waals surface area contributed by atoms with Crippen molar-refractivity contribution in [3.05, 3.63) is 46.6 Å². The van der Waals surface area contributed by atoms with Crippen molar-refractivity contribution in [2.24, 2.45) is 0 Å². The van der Waals surface area contributed by atoms with Gasteiger partial charge >= 0.3 is 0 Å². The van der Waals surface area contributed by atoms with Crippen LogP contribution in [0.15, 0.2) is 40.5 Å². The highest BCUT2D eigenvalue weighted by atomic mass is 32.2. The van der Waals surface area contributed by atoms with Crippen LogP contribution >= 0.6 is 11.8 Å². The first kappa shape index (κ1) is 13.8. The molecule has 108 valence electrons. The summed E-state index contributed by atoms with van der Waals surface area (Å²) in [6.45, 7) is 1.80. The van der Waals surface area contributed by atoms with Crippen molar-refractivity contribution in [2.45, 2.75) is 24.5 Å². The first-order valence-electron chi connectivity index (χ1n) is 6.56. The van der Waals surface area contributed by atoms with E-state index in [1.807, 2.05) is 0 Å². The number of aromatic nitrogens is 3. The summed E-state index contributed by atoms with van der Waals surface area (Å²) < 4.78 is 1.61. The Bertz CT molecular complexity index is 729. The van der Waals surface area contributed by atoms with Gasteiger partial charge in [-0.2, -0.15) is 0 Å². The number of amides is 1. The van der Waals surface area contributed by atoms with Gasteiger partial charge in [-0.15, -0.1) is 0 Å². The van der Waals surface area contributed by atoms with Crippen molar-refractivity contribution in [2.75, 3.05) is 11.1 Å². The number of hydrogen-bond acceptors (Lipinski definition) is 5. The van der Waals surface area contributed by atoms with Crippen LogP contribution in [0.25, 0.3) is 0 Å². The Morgan fingerprint density at radius 3 is 3.00 bits per heavy atom. The number of carbonyl (C=O) groups is 1. The van der Waals surface area contributed by atoms with Crippen molar-refractivity contribution in [1.29, 1.82) is 0 Å². The van der Waals surface area contributed by atoms with Crippen LogP contribution in [-0.2, 0) is 4.79 Å². The second kappa shape index (κ2) is 5.69. The normalized spacial score (nSPS) is 16.5. The largest absolute Gasteiger partial charge is 0.326 e. The number of fused-ring (bicyclic) bond motifs is 1. The number of hydrogen-bond donors (Lipinski definition) is 1. The van der Waals surface area contributed by atoms with Gasteiger partial charge in [0.2, 0.25) is 5.91 Å². The summed E-state index contributed by atoms with van der Waals surface area (Å²) in [6.07, 6.45) is 3.49. The van der Waals surface area contributed by atoms with Gasteiger partial charge in [0.25, 0.3) is 5.56 Å². The molecule has 3 heterocycles. The van der Waals surface area contributed by atoms with Gasteiger partial charge in [0.15, 0.2) is 5.16 Å². The maximum absolute atomic E-state index is 12.1. The summed E-state index contributed by atoms with van der Waals surface area (Å²) in [5, 5.41) is 3.50. The summed E-state index contributed by atoms with van der Waals surface area (Å²) in [4.78, 5) is 32.4. The fourth-order valence-corrected chi connectivity index (χ4v) is 3.47. The molecule has 1 amide bonds. The molecule has 0 bridgehead atoms. The van der Waals surface area contributed by atoms with E-state index in [0.717, 1.165) is 0 Å². The molecule has 0 fully saturated rings. The number of nitrogens with one attached hydrogen (secondary N) is 1. The molecule has 21 heavy (non-hydrogen) atoms. The Balaban J connectivity index is 1.74. The molecule has 0 aliphatic carbocycles. The number of rotatable bonds is 3. The molecule has 1 unspecified atom stereocenters. The van der Waals surface area contributed by atoms with Crippen LogP contribution in [0.3, 0.4) is 0 Å². The lowest BCUT2D eigenvalue weighted by atomic mass is 10.2. The highest BCUT2D eigenvalue weighted by molar-refractivity contribution is 7.99. The van der Waals surface area contributed by atoms with Crippen molar-refractivity contribution < 1.29 is 4.79 Å². The van der Waals surface area contributed by atoms with Crippen molar-refractivity contribution in [3.63, 3.8) is 0 Å². The van der Waals surface area contributed by atoms with Crippen LogP contribution in [-0.4, -0.2) is 26.2 Å². The Kier molecular flexibility index (Phi) is 3.74. The SMILES string of the molecule is Cc1cc(=O)n2c(n1)SCC2CC(=O)Nc1ccncc1. The second-order valence-corrected chi connectivity index (χ2v) is 5.83. The highest BCUT2D eigenvalue weighted by Crippen LogP contribution is 2.32. The lowest BCUT2D eigenvalue weighted by Gasteiger charge is -2.13. The Morgan fingerprint density at radius 1 is 1.48 bits per heavy atom. The smallest absolute Gasteiger partial charge is 0.254 e. The second-order valence-electron chi connectivity index (χ2n) is 4.84. The maximum Gasteiger partial charge on any atom is 0.254 e. The predicted molar refractivity (Wildman–Crippen MR) is 80.5 cm³/mol. The van der Waals surface area contributed by atoms with E-state index in [4.69, 9.17) is 0 Å². The van der Waals surface area contributed by atoms with Crippen LogP contribution < -0.4 is 10.9 Å². The topological polar surface area (TPSA) is 76.9 Å². The molecule has 0 saturated heterocycles. The number of aryl methyl sites for hydroxylation is 1. The third-order valence-corrected chi connectivity index (χ3v) is 4.30. The van der Waals surface area contributed by atoms with E-state index >= 15 is 0 Å². The Hall–Kier alpha value is -2.15. The van der Waals surface area contributed by atoms with Gasteiger partial charge in [0.1, 0.15) is 0 Å². The van der Waals surface area contributed by atoms with Gasteiger partial charge in [0, 0.05) is 42.0 Å². The molecule has 0 aromatic carbocycles. The highest BCUT2D eigenvalue weighted by Gasteiger charge is 2.27. The number of anilines is 1. The minimum Gasteiger partial charge on any atom is -0.326 e. The summed E-state index contributed by atoms with van der Waals surface area (Å²) in [5.74, 6) is 0.572. The van der Waals surface area contributed by atoms with Crippen LogP contribution in [0, 0.1) is 6.92 Å². The number of thioether (sulfide) groups is 1. The van der Waals surface area contributed by atoms with E-state index in [2.05, 4.69) is 15.3 Å². The number of nitrogens with zero attached hydrogens (tertiary/aromatic N) is 3. The molecule has 1 aliphatic rings. The molecule has 0 spiro atoms. The third-order valence-electron chi connectivity index (χ3n) is 3.20. The Labute approximate surface area is 125 Å². The number of carbonyl (C=O) groups excluding carboxylic acids is 1. The molecule has 7 heteroatoms. The lowest BCUT2D eigenvalue weighted by Crippen LogP contribution is -2.27. The van der Waals surface area contributed by atoms with Crippen molar-refractivity contribution in [1.82, 2.24) is 14.5 Å². The summed E-state index contributed by atoms with van der Waals surface area (Å²) in [7, 11) is 0. The molecule has 3 rings (SSSR count). The fourth-order valence-electron chi connectivity index (χ4n) is 2.27. The van der Waals surface area contributed by atoms with Gasteiger partial charge < -0.3 is 5.32 Å². The standard InChI is InChI=1S/C14H14N4O2S/c1-9-6-13(20)18-11(8-21-14(18)16-9)7-12(19)17-10-2-4-15-5-3-10/h2-6,11H,7-8H2,1H3,(H,15,17,19). The van der Waals surface area contributed by atoms with E-state index in [0.29, 0.717) is 22.3 Å². The first-order chi connectivity index (χ1) is 10.1. The van der Waals surface area contributed by atoms with Gasteiger partial charge in [-0.1, -0.05) is 11.8 Å². The van der Waals surface area contributed by atoms with E-state index in [1.54, 1.807) is 36.0 Å². The molecule has 1 aliphatic heterocycles. The zero-order valence-corrected chi connectivity index (χ0v) is 12.3. The molecule has 0 saturated carbocycles. The van der Waals surface area contributed by atoms with E-state index in [9.17, 15) is 9.59 Å². The van der Waals surface area contributed by atoms with E-state index in [-0.39, 0.29) is 23.9 Å². The quantitative estimate of drug-likeness (QED) is 0.872.